The Morgan fingerprint density at radius 1 is 0.900 bits per heavy atom. The maximum atomic E-state index is 5.38. The monoisotopic (exact) mass is 258 g/mol. The van der Waals surface area contributed by atoms with Crippen molar-refractivity contribution in [1.82, 2.24) is 0 Å². The van der Waals surface area contributed by atoms with Crippen molar-refractivity contribution in [2.75, 3.05) is 14.2 Å². The molecule has 20 heavy (non-hydrogen) atoms. The molecule has 0 N–H and O–H groups in total. The first-order valence-electron chi connectivity index (χ1n) is 6.20. The number of benzene rings is 2. The fourth-order valence-corrected chi connectivity index (χ4v) is 2.40. The topological polar surface area (TPSA) is 18.5 Å². The quantitative estimate of drug-likeness (QED) is 0.520. The molecule has 0 radical (unpaired) electrons. The third-order valence-electron chi connectivity index (χ3n) is 3.36. The van der Waals surface area contributed by atoms with Crippen molar-refractivity contribution < 1.29 is 28.3 Å². The summed E-state index contributed by atoms with van der Waals surface area (Å²) in [7, 11) is 3.32. The van der Waals surface area contributed by atoms with Gasteiger partial charge in [0.1, 0.15) is 11.5 Å². The van der Waals surface area contributed by atoms with E-state index >= 15 is 0 Å². The zero-order chi connectivity index (χ0) is 13.2. The Bertz CT molecular complexity index is 702. The third kappa shape index (κ3) is 2.45. The van der Waals surface area contributed by atoms with Crippen molar-refractivity contribution in [3.63, 3.8) is 0 Å². The van der Waals surface area contributed by atoms with Crippen molar-refractivity contribution in [2.24, 2.45) is 0 Å². The van der Waals surface area contributed by atoms with Crippen LogP contribution in [0.25, 0.3) is 21.9 Å². The van der Waals surface area contributed by atoms with E-state index in [-0.39, 0.29) is 18.9 Å². The molecule has 0 atom stereocenters. The Morgan fingerprint density at radius 2 is 1.55 bits per heavy atom. The molecule has 0 unspecified atom stereocenters. The van der Waals surface area contributed by atoms with Gasteiger partial charge in [0.05, 0.1) is 14.2 Å². The van der Waals surface area contributed by atoms with Gasteiger partial charge >= 0.3 is 18.9 Å². The molecule has 3 aromatic carbocycles. The second kappa shape index (κ2) is 6.13. The first-order chi connectivity index (χ1) is 9.33. The minimum absolute atomic E-state index is 0. The van der Waals surface area contributed by atoms with Crippen LogP contribution in [-0.2, 0) is 0 Å². The molecule has 0 fully saturated rings. The van der Waals surface area contributed by atoms with Crippen LogP contribution >= 0.6 is 0 Å². The zero-order valence-electron chi connectivity index (χ0n) is 12.0. The summed E-state index contributed by atoms with van der Waals surface area (Å²) in [5, 5.41) is 2.35. The molecular weight excluding hydrogens is 243 g/mol. The van der Waals surface area contributed by atoms with Crippen LogP contribution in [0.3, 0.4) is 0 Å². The Morgan fingerprint density at radius 3 is 2.20 bits per heavy atom. The van der Waals surface area contributed by atoms with Crippen molar-refractivity contribution >= 4 is 10.8 Å². The van der Waals surface area contributed by atoms with Crippen molar-refractivity contribution in [1.29, 1.82) is 0 Å². The van der Waals surface area contributed by atoms with Gasteiger partial charge in [-0.25, -0.2) is 0 Å². The minimum atomic E-state index is 0. The van der Waals surface area contributed by atoms with Gasteiger partial charge in [-0.15, -0.1) is 28.5 Å². The smallest absolute Gasteiger partial charge is 0.503 e. The number of hydrogen-bond donors (Lipinski definition) is 0. The SMILES string of the molecule is COc1cc2[cH-]cc(-c3ccccc3)c2cc1OC.[Li+]. The van der Waals surface area contributed by atoms with E-state index in [1.54, 1.807) is 14.2 Å². The Hall–Kier alpha value is -1.75. The van der Waals surface area contributed by atoms with Crippen LogP contribution in [0.2, 0.25) is 0 Å². The molecule has 0 aromatic heterocycles. The van der Waals surface area contributed by atoms with Gasteiger partial charge in [0.25, 0.3) is 0 Å². The van der Waals surface area contributed by atoms with Gasteiger partial charge in [0.15, 0.2) is 0 Å². The van der Waals surface area contributed by atoms with Crippen LogP contribution < -0.4 is 28.3 Å². The van der Waals surface area contributed by atoms with Crippen molar-refractivity contribution in [2.45, 2.75) is 0 Å². The Labute approximate surface area is 130 Å². The van der Waals surface area contributed by atoms with E-state index in [1.807, 2.05) is 18.2 Å². The van der Waals surface area contributed by atoms with Gasteiger partial charge < -0.3 is 9.47 Å². The molecule has 0 heterocycles. The predicted molar refractivity (Wildman–Crippen MR) is 78.1 cm³/mol. The molecule has 3 aromatic rings. The standard InChI is InChI=1S/C17H15O2.Li/c1-18-16-10-13-8-9-14(12-6-4-3-5-7-12)15(13)11-17(16)19-2;/h3-11H,1-2H3;/q-1;+1. The number of ether oxygens (including phenoxy) is 2. The van der Waals surface area contributed by atoms with E-state index in [4.69, 9.17) is 9.47 Å². The molecule has 0 aliphatic rings. The summed E-state index contributed by atoms with van der Waals surface area (Å²) in [6.07, 6.45) is 0. The third-order valence-corrected chi connectivity index (χ3v) is 3.36. The summed E-state index contributed by atoms with van der Waals surface area (Å²) < 4.78 is 10.7. The van der Waals surface area contributed by atoms with Gasteiger partial charge in [-0.1, -0.05) is 48.0 Å². The number of methoxy groups -OCH3 is 2. The largest absolute Gasteiger partial charge is 1.00 e. The van der Waals surface area contributed by atoms with Crippen molar-refractivity contribution in [3.05, 3.63) is 54.6 Å². The average Bonchev–Trinajstić information content (AvgIpc) is 2.89. The summed E-state index contributed by atoms with van der Waals surface area (Å²) in [5.74, 6) is 1.53. The van der Waals surface area contributed by atoms with Crippen LogP contribution in [0.15, 0.2) is 54.6 Å². The molecule has 3 heteroatoms. The molecule has 0 spiro atoms. The molecule has 2 nitrogen and oxygen atoms in total. The van der Waals surface area contributed by atoms with Gasteiger partial charge in [0.2, 0.25) is 0 Å². The van der Waals surface area contributed by atoms with E-state index in [9.17, 15) is 0 Å². The first-order valence-corrected chi connectivity index (χ1v) is 6.20. The fraction of sp³-hybridized carbons (Fsp3) is 0.118. The summed E-state index contributed by atoms with van der Waals surface area (Å²) >= 11 is 0. The zero-order valence-corrected chi connectivity index (χ0v) is 12.0. The summed E-state index contributed by atoms with van der Waals surface area (Å²) in [6, 6.07) is 18.7. The van der Waals surface area contributed by atoms with Gasteiger partial charge in [-0.2, -0.15) is 0 Å². The Balaban J connectivity index is 0.00000147. The second-order valence-corrected chi connectivity index (χ2v) is 4.41. The normalized spacial score (nSPS) is 10.1. The number of hydrogen-bond acceptors (Lipinski definition) is 2. The molecule has 0 amide bonds. The molecule has 96 valence electrons. The molecule has 0 saturated heterocycles. The molecule has 0 bridgehead atoms. The average molecular weight is 258 g/mol. The fourth-order valence-electron chi connectivity index (χ4n) is 2.40. The van der Waals surface area contributed by atoms with Gasteiger partial charge in [-0.3, -0.25) is 0 Å². The van der Waals surface area contributed by atoms with Gasteiger partial charge in [-0.05, 0) is 0 Å². The Kier molecular flexibility index (Phi) is 4.49. The van der Waals surface area contributed by atoms with Gasteiger partial charge in [0, 0.05) is 0 Å². The van der Waals surface area contributed by atoms with Crippen LogP contribution in [-0.4, -0.2) is 14.2 Å². The van der Waals surface area contributed by atoms with E-state index in [0.717, 1.165) is 16.9 Å². The van der Waals surface area contributed by atoms with Crippen LogP contribution in [0.4, 0.5) is 0 Å². The maximum Gasteiger partial charge on any atom is 1.00 e. The van der Waals surface area contributed by atoms with Crippen LogP contribution in [0.5, 0.6) is 11.5 Å². The van der Waals surface area contributed by atoms with Crippen LogP contribution in [0, 0.1) is 0 Å². The maximum absolute atomic E-state index is 5.38. The summed E-state index contributed by atoms with van der Waals surface area (Å²) in [4.78, 5) is 0. The molecule has 0 saturated carbocycles. The molecule has 0 aliphatic carbocycles. The second-order valence-electron chi connectivity index (χ2n) is 4.41. The minimum Gasteiger partial charge on any atom is -0.503 e. The van der Waals surface area contributed by atoms with E-state index in [0.29, 0.717) is 0 Å². The summed E-state index contributed by atoms with van der Waals surface area (Å²) in [5.41, 5.74) is 2.43. The number of fused-ring (bicyclic) bond motifs is 1. The summed E-state index contributed by atoms with van der Waals surface area (Å²) in [6.45, 7) is 0. The van der Waals surface area contributed by atoms with E-state index in [1.165, 1.54) is 16.5 Å². The van der Waals surface area contributed by atoms with Crippen LogP contribution in [0.1, 0.15) is 0 Å². The van der Waals surface area contributed by atoms with Crippen molar-refractivity contribution in [3.8, 4) is 22.6 Å². The van der Waals surface area contributed by atoms with E-state index in [2.05, 4.69) is 36.4 Å². The molecule has 0 aliphatic heterocycles. The predicted octanol–water partition coefficient (Wildman–Crippen LogP) is 1.25. The number of rotatable bonds is 3. The first kappa shape index (κ1) is 14.7. The molecule has 3 rings (SSSR count). The van der Waals surface area contributed by atoms with E-state index < -0.39 is 0 Å². The molecular formula is C17H15LiO2.